The third kappa shape index (κ3) is 5.70. The summed E-state index contributed by atoms with van der Waals surface area (Å²) in [7, 11) is 1.30. The number of carbonyl (C=O) groups is 1. The number of hydrogen-bond acceptors (Lipinski definition) is 9. The van der Waals surface area contributed by atoms with E-state index in [0.29, 0.717) is 29.6 Å². The Hall–Kier alpha value is -2.18. The van der Waals surface area contributed by atoms with Gasteiger partial charge in [-0.15, -0.1) is 0 Å². The van der Waals surface area contributed by atoms with Crippen molar-refractivity contribution < 1.29 is 31.6 Å². The zero-order valence-corrected chi connectivity index (χ0v) is 22.6. The summed E-state index contributed by atoms with van der Waals surface area (Å²) in [5.41, 5.74) is 0.537. The number of hydrogen-bond donors (Lipinski definition) is 0. The molecule has 0 atom stereocenters. The maximum atomic E-state index is 13.2. The van der Waals surface area contributed by atoms with Crippen molar-refractivity contribution in [1.29, 1.82) is 0 Å². The number of rotatable bonds is 12. The van der Waals surface area contributed by atoms with E-state index in [-0.39, 0.29) is 13.2 Å². The Labute approximate surface area is 213 Å². The second-order valence-corrected chi connectivity index (χ2v) is 12.3. The van der Waals surface area contributed by atoms with Crippen molar-refractivity contribution in [3.8, 4) is 5.75 Å². The van der Waals surface area contributed by atoms with Crippen molar-refractivity contribution in [3.63, 3.8) is 0 Å². The van der Waals surface area contributed by atoms with Gasteiger partial charge in [-0.2, -0.15) is 8.42 Å². The second kappa shape index (κ2) is 10.3. The molecule has 2 aliphatic rings. The van der Waals surface area contributed by atoms with Crippen LogP contribution in [-0.4, -0.2) is 102 Å². The first-order valence-electron chi connectivity index (χ1n) is 12.1. The average molecular weight is 524 g/mol. The van der Waals surface area contributed by atoms with Crippen LogP contribution in [0.2, 0.25) is 0 Å². The van der Waals surface area contributed by atoms with Gasteiger partial charge in [0.25, 0.3) is 0 Å². The van der Waals surface area contributed by atoms with Crippen LogP contribution in [0, 0.1) is 10.8 Å². The minimum absolute atomic E-state index is 0.255. The normalized spacial score (nSPS) is 17.8. The Morgan fingerprint density at radius 3 is 2.56 bits per heavy atom. The van der Waals surface area contributed by atoms with Gasteiger partial charge in [-0.1, -0.05) is 0 Å². The van der Waals surface area contributed by atoms with Crippen LogP contribution in [0.4, 0.5) is 0 Å². The maximum Gasteiger partial charge on any atom is 0.366 e. The third-order valence-electron chi connectivity index (χ3n) is 6.83. The average Bonchev–Trinajstić information content (AvgIpc) is 3.15. The van der Waals surface area contributed by atoms with Gasteiger partial charge in [-0.3, -0.25) is 13.9 Å². The van der Waals surface area contributed by atoms with E-state index in [1.807, 2.05) is 25.1 Å². The molecular formula is C25H37N3O7S. The lowest BCUT2D eigenvalue weighted by molar-refractivity contribution is -0.192. The molecule has 36 heavy (non-hydrogen) atoms. The molecule has 2 fully saturated rings. The van der Waals surface area contributed by atoms with Crippen LogP contribution in [0.25, 0.3) is 10.9 Å². The van der Waals surface area contributed by atoms with E-state index in [2.05, 4.69) is 4.90 Å². The Balaban J connectivity index is 1.38. The molecule has 0 amide bonds. The van der Waals surface area contributed by atoms with E-state index in [1.165, 1.54) is 0 Å². The molecule has 1 aromatic carbocycles. The summed E-state index contributed by atoms with van der Waals surface area (Å²) >= 11 is 0. The SMILES string of the molecule is COc1ccc2c(c1)c(CCN(C)C)cn2S(=O)(=O)OCC(C)(C)C(=O)OCCN1CC2(COC2)C1. The number of methoxy groups -OCH3 is 1. The van der Waals surface area contributed by atoms with Crippen LogP contribution >= 0.6 is 0 Å². The molecule has 10 nitrogen and oxygen atoms in total. The second-order valence-electron chi connectivity index (χ2n) is 10.8. The van der Waals surface area contributed by atoms with Gasteiger partial charge in [0.1, 0.15) is 12.4 Å². The smallest absolute Gasteiger partial charge is 0.366 e. The fourth-order valence-electron chi connectivity index (χ4n) is 4.53. The fraction of sp³-hybridized carbons (Fsp3) is 0.640. The minimum atomic E-state index is -4.19. The van der Waals surface area contributed by atoms with Crippen molar-refractivity contribution in [3.05, 3.63) is 30.0 Å². The highest BCUT2D eigenvalue weighted by Gasteiger charge is 2.48. The molecule has 0 aliphatic carbocycles. The van der Waals surface area contributed by atoms with Crippen LogP contribution in [0.5, 0.6) is 5.75 Å². The summed E-state index contributed by atoms with van der Waals surface area (Å²) in [6, 6.07) is 5.23. The van der Waals surface area contributed by atoms with E-state index >= 15 is 0 Å². The van der Waals surface area contributed by atoms with E-state index in [0.717, 1.165) is 47.8 Å². The molecule has 200 valence electrons. The molecule has 1 spiro atoms. The predicted molar refractivity (Wildman–Crippen MR) is 135 cm³/mol. The number of fused-ring (bicyclic) bond motifs is 1. The first-order chi connectivity index (χ1) is 16.9. The highest BCUT2D eigenvalue weighted by molar-refractivity contribution is 7.85. The van der Waals surface area contributed by atoms with Gasteiger partial charge in [-0.05, 0) is 58.1 Å². The van der Waals surface area contributed by atoms with Crippen molar-refractivity contribution in [2.45, 2.75) is 20.3 Å². The van der Waals surface area contributed by atoms with Gasteiger partial charge >= 0.3 is 16.3 Å². The van der Waals surface area contributed by atoms with Crippen LogP contribution < -0.4 is 4.74 Å². The molecule has 2 aliphatic heterocycles. The van der Waals surface area contributed by atoms with Crippen molar-refractivity contribution in [2.24, 2.45) is 10.8 Å². The Morgan fingerprint density at radius 1 is 1.22 bits per heavy atom. The standard InChI is InChI=1S/C25H37N3O7S/c1-24(2,23(29)34-11-10-27-14-25(15-27)17-33-18-25)16-35-36(30,31)28-13-19(8-9-26(3)4)21-12-20(32-5)6-7-22(21)28/h6-7,12-13H,8-11,14-18H2,1-5H3. The lowest BCUT2D eigenvalue weighted by Crippen LogP contribution is -2.66. The summed E-state index contributed by atoms with van der Waals surface area (Å²) in [4.78, 5) is 16.9. The summed E-state index contributed by atoms with van der Waals surface area (Å²) in [6.45, 7) is 8.11. The summed E-state index contributed by atoms with van der Waals surface area (Å²) < 4.78 is 49.0. The molecule has 0 unspecified atom stereocenters. The molecule has 0 bridgehead atoms. The first kappa shape index (κ1) is 26.9. The molecule has 2 aromatic rings. The Kier molecular flexibility index (Phi) is 7.68. The minimum Gasteiger partial charge on any atom is -0.497 e. The fourth-order valence-corrected chi connectivity index (χ4v) is 5.75. The monoisotopic (exact) mass is 523 g/mol. The highest BCUT2D eigenvalue weighted by atomic mass is 32.2. The van der Waals surface area contributed by atoms with Gasteiger partial charge in [0.15, 0.2) is 0 Å². The number of likely N-dealkylation sites (tertiary alicyclic amines) is 1. The van der Waals surface area contributed by atoms with Crippen LogP contribution in [0.1, 0.15) is 19.4 Å². The molecule has 11 heteroatoms. The zero-order valence-electron chi connectivity index (χ0n) is 21.8. The molecular weight excluding hydrogens is 486 g/mol. The third-order valence-corrected chi connectivity index (χ3v) is 8.03. The van der Waals surface area contributed by atoms with Crippen LogP contribution in [-0.2, 0) is 35.2 Å². The van der Waals surface area contributed by atoms with Crippen molar-refractivity contribution in [1.82, 2.24) is 13.8 Å². The topological polar surface area (TPSA) is 99.5 Å². The van der Waals surface area contributed by atoms with Crippen molar-refractivity contribution >= 4 is 27.2 Å². The van der Waals surface area contributed by atoms with Crippen LogP contribution in [0.3, 0.4) is 0 Å². The van der Waals surface area contributed by atoms with E-state index in [9.17, 15) is 13.2 Å². The van der Waals surface area contributed by atoms with E-state index < -0.39 is 21.7 Å². The molecule has 3 heterocycles. The summed E-state index contributed by atoms with van der Waals surface area (Å²) in [6.07, 6.45) is 2.24. The Bertz CT molecular complexity index is 1190. The number of benzene rings is 1. The lowest BCUT2D eigenvalue weighted by Gasteiger charge is -2.55. The number of ether oxygens (including phenoxy) is 3. The summed E-state index contributed by atoms with van der Waals surface area (Å²) in [5, 5.41) is 0.781. The number of carbonyl (C=O) groups excluding carboxylic acids is 1. The number of aromatic nitrogens is 1. The van der Waals surface area contributed by atoms with Gasteiger partial charge in [0, 0.05) is 43.2 Å². The molecule has 4 rings (SSSR count). The van der Waals surface area contributed by atoms with E-state index in [1.54, 1.807) is 39.3 Å². The molecule has 1 aromatic heterocycles. The first-order valence-corrected chi connectivity index (χ1v) is 13.5. The number of esters is 1. The number of likely N-dealkylation sites (N-methyl/N-ethyl adjacent to an activating group) is 1. The summed E-state index contributed by atoms with van der Waals surface area (Å²) in [5.74, 6) is 0.150. The maximum absolute atomic E-state index is 13.2. The quantitative estimate of drug-likeness (QED) is 0.385. The molecule has 0 radical (unpaired) electrons. The largest absolute Gasteiger partial charge is 0.497 e. The Morgan fingerprint density at radius 2 is 1.94 bits per heavy atom. The zero-order chi connectivity index (χ0) is 26.1. The molecule has 2 saturated heterocycles. The highest BCUT2D eigenvalue weighted by Crippen LogP contribution is 2.37. The van der Waals surface area contributed by atoms with Crippen molar-refractivity contribution in [2.75, 3.05) is 73.8 Å². The number of nitrogens with zero attached hydrogens (tertiary/aromatic N) is 3. The van der Waals surface area contributed by atoms with E-state index in [4.69, 9.17) is 18.4 Å². The van der Waals surface area contributed by atoms with Gasteiger partial charge in [0.05, 0.1) is 37.9 Å². The van der Waals surface area contributed by atoms with Crippen LogP contribution in [0.15, 0.2) is 24.4 Å². The molecule has 0 saturated carbocycles. The van der Waals surface area contributed by atoms with Gasteiger partial charge < -0.3 is 19.1 Å². The van der Waals surface area contributed by atoms with Gasteiger partial charge in [0.2, 0.25) is 0 Å². The predicted octanol–water partition coefficient (Wildman–Crippen LogP) is 1.77. The molecule has 0 N–H and O–H groups in total. The van der Waals surface area contributed by atoms with Gasteiger partial charge in [-0.25, -0.2) is 3.97 Å². The lowest BCUT2D eigenvalue weighted by atomic mass is 9.78.